The summed E-state index contributed by atoms with van der Waals surface area (Å²) in [4.78, 5) is 30.2. The van der Waals surface area contributed by atoms with Gasteiger partial charge in [-0.3, -0.25) is 9.69 Å². The van der Waals surface area contributed by atoms with E-state index in [4.69, 9.17) is 20.2 Å². The Kier molecular flexibility index (Phi) is 7.69. The van der Waals surface area contributed by atoms with Gasteiger partial charge < -0.3 is 30.7 Å². The monoisotopic (exact) mass is 532 g/mol. The molecule has 1 amide bonds. The molecule has 0 unspecified atom stereocenters. The number of anilines is 4. The number of rotatable bonds is 10. The Labute approximate surface area is 228 Å². The Bertz CT molecular complexity index is 1350. The number of aryl methyl sites for hydroxylation is 1. The van der Waals surface area contributed by atoms with E-state index in [1.54, 1.807) is 12.1 Å². The second-order valence-electron chi connectivity index (χ2n) is 10.6. The maximum atomic E-state index is 11.7. The summed E-state index contributed by atoms with van der Waals surface area (Å²) in [6, 6.07) is 11.5. The third-order valence-electron chi connectivity index (χ3n) is 6.85. The molecule has 2 aliphatic rings. The number of fused-ring (bicyclic) bond motifs is 1. The predicted octanol–water partition coefficient (Wildman–Crippen LogP) is 3.53. The fourth-order valence-corrected chi connectivity index (χ4v) is 4.95. The maximum absolute atomic E-state index is 11.7. The molecule has 39 heavy (non-hydrogen) atoms. The molecule has 5 rings (SSSR count). The van der Waals surface area contributed by atoms with Crippen molar-refractivity contribution in [3.05, 3.63) is 53.1 Å². The smallest absolute Gasteiger partial charge is 0.248 e. The number of nitrogens with two attached hydrogens (primary N) is 1. The van der Waals surface area contributed by atoms with E-state index in [9.17, 15) is 4.79 Å². The van der Waals surface area contributed by atoms with Crippen LogP contribution in [-0.2, 0) is 6.54 Å². The number of hydrogen-bond donors (Lipinski definition) is 3. The highest BCUT2D eigenvalue weighted by molar-refractivity contribution is 5.94. The van der Waals surface area contributed by atoms with Gasteiger partial charge in [0.25, 0.3) is 0 Å². The highest BCUT2D eigenvalue weighted by atomic mass is 16.7. The fourth-order valence-electron chi connectivity index (χ4n) is 4.95. The van der Waals surface area contributed by atoms with E-state index in [1.165, 1.54) is 0 Å². The van der Waals surface area contributed by atoms with Gasteiger partial charge in [0.1, 0.15) is 0 Å². The molecule has 0 spiro atoms. The normalized spacial score (nSPS) is 16.5. The molecule has 0 bridgehead atoms. The van der Waals surface area contributed by atoms with Crippen molar-refractivity contribution in [2.45, 2.75) is 39.8 Å². The molecule has 11 nitrogen and oxygen atoms in total. The van der Waals surface area contributed by atoms with Crippen LogP contribution >= 0.6 is 0 Å². The van der Waals surface area contributed by atoms with E-state index in [-0.39, 0.29) is 12.8 Å². The molecule has 11 heteroatoms. The molecule has 4 N–H and O–H groups in total. The van der Waals surface area contributed by atoms with Gasteiger partial charge in [-0.05, 0) is 43.0 Å². The minimum atomic E-state index is -0.487. The van der Waals surface area contributed by atoms with E-state index in [1.807, 2.05) is 37.1 Å². The number of benzene rings is 2. The van der Waals surface area contributed by atoms with E-state index in [2.05, 4.69) is 45.4 Å². The molecule has 3 aromatic rings. The number of amides is 1. The average molecular weight is 533 g/mol. The van der Waals surface area contributed by atoms with E-state index in [0.29, 0.717) is 29.3 Å². The van der Waals surface area contributed by atoms with Crippen LogP contribution in [0.4, 0.5) is 23.5 Å². The number of hydrogen-bond acceptors (Lipinski definition) is 10. The van der Waals surface area contributed by atoms with Crippen molar-refractivity contribution in [2.24, 2.45) is 11.7 Å². The Morgan fingerprint density at radius 3 is 2.79 bits per heavy atom. The molecule has 2 aliphatic heterocycles. The molecule has 2 aromatic carbocycles. The first-order chi connectivity index (χ1) is 18.7. The summed E-state index contributed by atoms with van der Waals surface area (Å²) in [5.74, 6) is 3.07. The van der Waals surface area contributed by atoms with Gasteiger partial charge in [-0.25, -0.2) is 0 Å². The predicted molar refractivity (Wildman–Crippen MR) is 151 cm³/mol. The molecule has 3 heterocycles. The van der Waals surface area contributed by atoms with Crippen molar-refractivity contribution in [2.75, 3.05) is 49.0 Å². The molecule has 0 radical (unpaired) electrons. The lowest BCUT2D eigenvalue weighted by molar-refractivity contribution is 0.100. The van der Waals surface area contributed by atoms with Crippen molar-refractivity contribution in [3.63, 3.8) is 0 Å². The Hall–Kier alpha value is -4.12. The van der Waals surface area contributed by atoms with Crippen LogP contribution in [0.3, 0.4) is 0 Å². The summed E-state index contributed by atoms with van der Waals surface area (Å²) < 4.78 is 11.2. The molecular weight excluding hydrogens is 496 g/mol. The van der Waals surface area contributed by atoms with E-state index in [0.717, 1.165) is 60.9 Å². The highest BCUT2D eigenvalue weighted by Gasteiger charge is 2.26. The first-order valence-electron chi connectivity index (χ1n) is 13.3. The van der Waals surface area contributed by atoms with Crippen LogP contribution < -0.4 is 30.7 Å². The van der Waals surface area contributed by atoms with Gasteiger partial charge >= 0.3 is 0 Å². The number of nitrogens with one attached hydrogen (secondary N) is 2. The molecule has 1 atom stereocenters. The molecule has 0 saturated carbocycles. The molecule has 206 valence electrons. The number of likely N-dealkylation sites (tertiary alicyclic amines) is 1. The number of para-hydroxylation sites is 1. The first kappa shape index (κ1) is 26.5. The van der Waals surface area contributed by atoms with Crippen LogP contribution in [0.15, 0.2) is 36.4 Å². The molecule has 1 fully saturated rings. The van der Waals surface area contributed by atoms with E-state index < -0.39 is 5.91 Å². The van der Waals surface area contributed by atoms with Crippen LogP contribution in [0.2, 0.25) is 0 Å². The zero-order chi connectivity index (χ0) is 27.5. The second kappa shape index (κ2) is 11.3. The van der Waals surface area contributed by atoms with E-state index >= 15 is 0 Å². The second-order valence-corrected chi connectivity index (χ2v) is 10.6. The molecule has 0 aliphatic carbocycles. The Morgan fingerprint density at radius 2 is 2.00 bits per heavy atom. The number of carbonyl (C=O) groups is 1. The SMILES string of the molecule is Cc1ccc(C(N)=O)cc1Nc1nc(N[C@@H]2CCN(Cc3cccc4c3OCO4)C2)nc(N(C)CC(C)C)n1. The van der Waals surface area contributed by atoms with Crippen LogP contribution in [0, 0.1) is 12.8 Å². The molecule has 1 aromatic heterocycles. The summed E-state index contributed by atoms with van der Waals surface area (Å²) in [6.07, 6.45) is 0.956. The fraction of sp³-hybridized carbons (Fsp3) is 0.429. The summed E-state index contributed by atoms with van der Waals surface area (Å²) in [5, 5.41) is 6.80. The highest BCUT2D eigenvalue weighted by Crippen LogP contribution is 2.36. The summed E-state index contributed by atoms with van der Waals surface area (Å²) in [5.41, 5.74) is 8.70. The van der Waals surface area contributed by atoms with Gasteiger partial charge in [0.15, 0.2) is 11.5 Å². The lowest BCUT2D eigenvalue weighted by Crippen LogP contribution is -2.28. The lowest BCUT2D eigenvalue weighted by Gasteiger charge is -2.22. The zero-order valence-electron chi connectivity index (χ0n) is 22.9. The quantitative estimate of drug-likeness (QED) is 0.356. The third-order valence-corrected chi connectivity index (χ3v) is 6.85. The third kappa shape index (κ3) is 6.31. The van der Waals surface area contributed by atoms with Gasteiger partial charge in [-0.1, -0.05) is 32.0 Å². The minimum absolute atomic E-state index is 0.178. The van der Waals surface area contributed by atoms with Gasteiger partial charge in [-0.2, -0.15) is 15.0 Å². The van der Waals surface area contributed by atoms with Crippen molar-refractivity contribution in [1.82, 2.24) is 19.9 Å². The number of carbonyl (C=O) groups excluding carboxylic acids is 1. The van der Waals surface area contributed by atoms with Crippen molar-refractivity contribution >= 4 is 29.4 Å². The number of primary amides is 1. The van der Waals surface area contributed by atoms with Crippen molar-refractivity contribution < 1.29 is 14.3 Å². The number of nitrogens with zero attached hydrogens (tertiary/aromatic N) is 5. The summed E-state index contributed by atoms with van der Waals surface area (Å²) in [7, 11) is 1.98. The van der Waals surface area contributed by atoms with Gasteiger partial charge in [-0.15, -0.1) is 0 Å². The first-order valence-corrected chi connectivity index (χ1v) is 13.3. The molecule has 1 saturated heterocycles. The number of ether oxygens (including phenoxy) is 2. The van der Waals surface area contributed by atoms with Crippen molar-refractivity contribution in [1.29, 1.82) is 0 Å². The van der Waals surface area contributed by atoms with Crippen molar-refractivity contribution in [3.8, 4) is 11.5 Å². The number of aromatic nitrogens is 3. The van der Waals surface area contributed by atoms with Crippen LogP contribution in [0.25, 0.3) is 0 Å². The standard InChI is InChI=1S/C28H36N8O3/c1-17(2)13-35(4)28-33-26(32-27(34-28)31-22-12-19(25(29)37)9-8-18(22)3)30-21-10-11-36(15-21)14-20-6-5-7-23-24(20)39-16-38-23/h5-9,12,17,21H,10-11,13-16H2,1-4H3,(H2,29,37)(H2,30,31,32,33,34)/t21-/m1/s1. The van der Waals surface area contributed by atoms with Crippen LogP contribution in [0.5, 0.6) is 11.5 Å². The van der Waals surface area contributed by atoms with Gasteiger partial charge in [0.05, 0.1) is 0 Å². The lowest BCUT2D eigenvalue weighted by atomic mass is 10.1. The molecular formula is C28H36N8O3. The Balaban J connectivity index is 1.33. The average Bonchev–Trinajstić information content (AvgIpc) is 3.55. The maximum Gasteiger partial charge on any atom is 0.248 e. The van der Waals surface area contributed by atoms with Crippen LogP contribution in [-0.4, -0.2) is 65.3 Å². The summed E-state index contributed by atoms with van der Waals surface area (Å²) in [6.45, 7) is 9.89. The van der Waals surface area contributed by atoms with Gasteiger partial charge in [0.2, 0.25) is 30.5 Å². The largest absolute Gasteiger partial charge is 0.454 e. The topological polar surface area (TPSA) is 131 Å². The minimum Gasteiger partial charge on any atom is -0.454 e. The summed E-state index contributed by atoms with van der Waals surface area (Å²) >= 11 is 0. The van der Waals surface area contributed by atoms with Gasteiger partial charge in [0, 0.05) is 56.1 Å². The van der Waals surface area contributed by atoms with Crippen LogP contribution in [0.1, 0.15) is 41.8 Å². The Morgan fingerprint density at radius 1 is 1.18 bits per heavy atom. The zero-order valence-corrected chi connectivity index (χ0v) is 22.9.